The van der Waals surface area contributed by atoms with Crippen LogP contribution in [0.4, 0.5) is 0 Å². The number of hydrogen-bond acceptors (Lipinski definition) is 5. The van der Waals surface area contributed by atoms with Crippen LogP contribution in [0.1, 0.15) is 22.8 Å². The Morgan fingerprint density at radius 2 is 1.92 bits per heavy atom. The first-order chi connectivity index (χ1) is 12.0. The van der Waals surface area contributed by atoms with E-state index in [0.29, 0.717) is 16.3 Å². The van der Waals surface area contributed by atoms with Gasteiger partial charge in [-0.05, 0) is 42.8 Å². The number of carbonyl (C=O) groups excluding carboxylic acids is 2. The number of ether oxygens (including phenoxy) is 2. The van der Waals surface area contributed by atoms with Crippen LogP contribution in [0.2, 0.25) is 5.02 Å². The van der Waals surface area contributed by atoms with Crippen LogP contribution < -0.4 is 10.2 Å². The first kappa shape index (κ1) is 18.5. The molecule has 25 heavy (non-hydrogen) atoms. The van der Waals surface area contributed by atoms with E-state index < -0.39 is 18.0 Å². The molecule has 1 amide bonds. The van der Waals surface area contributed by atoms with Gasteiger partial charge in [0.05, 0.1) is 18.9 Å². The van der Waals surface area contributed by atoms with Gasteiger partial charge in [-0.2, -0.15) is 5.10 Å². The Morgan fingerprint density at radius 3 is 2.56 bits per heavy atom. The van der Waals surface area contributed by atoms with E-state index in [9.17, 15) is 9.59 Å². The van der Waals surface area contributed by atoms with Crippen molar-refractivity contribution in [2.75, 3.05) is 7.11 Å². The number of nitrogens with zero attached hydrogens (tertiary/aromatic N) is 1. The summed E-state index contributed by atoms with van der Waals surface area (Å²) in [4.78, 5) is 23.3. The highest BCUT2D eigenvalue weighted by Crippen LogP contribution is 2.18. The van der Waals surface area contributed by atoms with E-state index in [1.165, 1.54) is 13.3 Å². The molecular weight excluding hydrogens is 344 g/mol. The molecular formula is C18H17ClN2O4. The number of esters is 1. The van der Waals surface area contributed by atoms with Crippen LogP contribution in [0.5, 0.6) is 5.75 Å². The molecule has 0 unspecified atom stereocenters. The molecule has 2 aromatic rings. The largest absolute Gasteiger partial charge is 0.481 e. The molecule has 0 bridgehead atoms. The van der Waals surface area contributed by atoms with Crippen molar-refractivity contribution in [1.82, 2.24) is 5.43 Å². The Labute approximate surface area is 150 Å². The smallest absolute Gasteiger partial charge is 0.337 e. The van der Waals surface area contributed by atoms with Gasteiger partial charge in [0, 0.05) is 5.02 Å². The third-order valence-electron chi connectivity index (χ3n) is 3.20. The number of halogens is 1. The van der Waals surface area contributed by atoms with Gasteiger partial charge in [-0.25, -0.2) is 10.2 Å². The standard InChI is InChI=1S/C18H17ClN2O4/c1-12(25-16-5-3-4-15(19)10-16)17(22)21-20-11-13-6-8-14(9-7-13)18(23)24-2/h3-12H,1-2H3,(H,21,22)/b20-11-/t12-/m0/s1. The highest BCUT2D eigenvalue weighted by molar-refractivity contribution is 6.30. The zero-order chi connectivity index (χ0) is 18.2. The molecule has 0 fully saturated rings. The molecule has 130 valence electrons. The minimum Gasteiger partial charge on any atom is -0.481 e. The predicted molar refractivity (Wildman–Crippen MR) is 95.1 cm³/mol. The van der Waals surface area contributed by atoms with E-state index in [0.717, 1.165) is 5.56 Å². The molecule has 0 radical (unpaired) electrons. The molecule has 1 atom stereocenters. The lowest BCUT2D eigenvalue weighted by molar-refractivity contribution is -0.127. The van der Waals surface area contributed by atoms with Gasteiger partial charge in [0.25, 0.3) is 5.91 Å². The first-order valence-corrected chi connectivity index (χ1v) is 7.81. The second kappa shape index (κ2) is 8.84. The quantitative estimate of drug-likeness (QED) is 0.488. The fourth-order valence-corrected chi connectivity index (χ4v) is 2.06. The van der Waals surface area contributed by atoms with Gasteiger partial charge in [-0.15, -0.1) is 0 Å². The molecule has 0 aliphatic carbocycles. The summed E-state index contributed by atoms with van der Waals surface area (Å²) < 4.78 is 10.1. The van der Waals surface area contributed by atoms with Gasteiger partial charge in [-0.3, -0.25) is 4.79 Å². The summed E-state index contributed by atoms with van der Waals surface area (Å²) in [5.74, 6) is -0.316. The first-order valence-electron chi connectivity index (χ1n) is 7.43. The second-order valence-corrected chi connectivity index (χ2v) is 5.50. The lowest BCUT2D eigenvalue weighted by Gasteiger charge is -2.12. The van der Waals surface area contributed by atoms with Gasteiger partial charge >= 0.3 is 5.97 Å². The highest BCUT2D eigenvalue weighted by atomic mass is 35.5. The van der Waals surface area contributed by atoms with Gasteiger partial charge in [0.2, 0.25) is 0 Å². The second-order valence-electron chi connectivity index (χ2n) is 5.07. The molecule has 7 heteroatoms. The van der Waals surface area contributed by atoms with Crippen LogP contribution in [0.3, 0.4) is 0 Å². The summed E-state index contributed by atoms with van der Waals surface area (Å²) in [5.41, 5.74) is 3.55. The van der Waals surface area contributed by atoms with Crippen molar-refractivity contribution in [2.45, 2.75) is 13.0 Å². The molecule has 0 aromatic heterocycles. The van der Waals surface area contributed by atoms with E-state index in [2.05, 4.69) is 15.3 Å². The molecule has 0 aliphatic heterocycles. The summed E-state index contributed by atoms with van der Waals surface area (Å²) in [6, 6.07) is 13.4. The van der Waals surface area contributed by atoms with Crippen molar-refractivity contribution in [1.29, 1.82) is 0 Å². The van der Waals surface area contributed by atoms with E-state index in [4.69, 9.17) is 16.3 Å². The van der Waals surface area contributed by atoms with Crippen molar-refractivity contribution < 1.29 is 19.1 Å². The van der Waals surface area contributed by atoms with Crippen LogP contribution in [0.25, 0.3) is 0 Å². The lowest BCUT2D eigenvalue weighted by Crippen LogP contribution is -2.33. The Balaban J connectivity index is 1.88. The van der Waals surface area contributed by atoms with Crippen molar-refractivity contribution in [3.63, 3.8) is 0 Å². The number of methoxy groups -OCH3 is 1. The molecule has 2 rings (SSSR count). The summed E-state index contributed by atoms with van der Waals surface area (Å²) in [6.45, 7) is 1.61. The van der Waals surface area contributed by atoms with Gasteiger partial charge < -0.3 is 9.47 Å². The number of hydrogen-bond donors (Lipinski definition) is 1. The van der Waals surface area contributed by atoms with Gasteiger partial charge in [0.15, 0.2) is 6.10 Å². The number of carbonyl (C=O) groups is 2. The number of amides is 1. The zero-order valence-corrected chi connectivity index (χ0v) is 14.5. The van der Waals surface area contributed by atoms with Crippen molar-refractivity contribution in [3.8, 4) is 5.75 Å². The fraction of sp³-hybridized carbons (Fsp3) is 0.167. The predicted octanol–water partition coefficient (Wildman–Crippen LogP) is 3.04. The molecule has 0 saturated heterocycles. The van der Waals surface area contributed by atoms with Gasteiger partial charge in [0.1, 0.15) is 5.75 Å². The zero-order valence-electron chi connectivity index (χ0n) is 13.7. The highest BCUT2D eigenvalue weighted by Gasteiger charge is 2.14. The van der Waals surface area contributed by atoms with Crippen LogP contribution >= 0.6 is 11.6 Å². The van der Waals surface area contributed by atoms with Crippen molar-refractivity contribution in [2.24, 2.45) is 5.10 Å². The number of rotatable bonds is 6. The molecule has 2 aromatic carbocycles. The monoisotopic (exact) mass is 360 g/mol. The van der Waals surface area contributed by atoms with E-state index in [1.807, 2.05) is 0 Å². The van der Waals surface area contributed by atoms with Crippen molar-refractivity contribution >= 4 is 29.7 Å². The number of benzene rings is 2. The molecule has 0 saturated carbocycles. The fourth-order valence-electron chi connectivity index (χ4n) is 1.88. The summed E-state index contributed by atoms with van der Waals surface area (Å²) >= 11 is 5.87. The third kappa shape index (κ3) is 5.61. The maximum atomic E-state index is 12.0. The topological polar surface area (TPSA) is 77.0 Å². The molecule has 0 aliphatic rings. The summed E-state index contributed by atoms with van der Waals surface area (Å²) in [7, 11) is 1.32. The lowest BCUT2D eigenvalue weighted by atomic mass is 10.1. The van der Waals surface area contributed by atoms with Crippen molar-refractivity contribution in [3.05, 3.63) is 64.7 Å². The third-order valence-corrected chi connectivity index (χ3v) is 3.43. The maximum absolute atomic E-state index is 12.0. The Kier molecular flexibility index (Phi) is 6.54. The molecule has 1 N–H and O–H groups in total. The summed E-state index contributed by atoms with van der Waals surface area (Å²) in [5, 5.41) is 4.40. The van der Waals surface area contributed by atoms with E-state index >= 15 is 0 Å². The molecule has 0 heterocycles. The van der Waals surface area contributed by atoms with Crippen LogP contribution in [0.15, 0.2) is 53.6 Å². The average molecular weight is 361 g/mol. The Hall–Kier alpha value is -2.86. The van der Waals surface area contributed by atoms with E-state index in [1.54, 1.807) is 55.5 Å². The molecule has 0 spiro atoms. The van der Waals surface area contributed by atoms with Crippen LogP contribution in [-0.2, 0) is 9.53 Å². The van der Waals surface area contributed by atoms with Crippen LogP contribution in [-0.4, -0.2) is 31.3 Å². The minimum atomic E-state index is -0.739. The Bertz CT molecular complexity index is 775. The number of hydrazone groups is 1. The van der Waals surface area contributed by atoms with Crippen LogP contribution in [0, 0.1) is 0 Å². The average Bonchev–Trinajstić information content (AvgIpc) is 2.61. The molecule has 6 nitrogen and oxygen atoms in total. The number of nitrogens with one attached hydrogen (secondary N) is 1. The van der Waals surface area contributed by atoms with E-state index in [-0.39, 0.29) is 0 Å². The SMILES string of the molecule is COC(=O)c1ccc(/C=N\NC(=O)[C@H](C)Oc2cccc(Cl)c2)cc1. The maximum Gasteiger partial charge on any atom is 0.337 e. The van der Waals surface area contributed by atoms with Gasteiger partial charge in [-0.1, -0.05) is 29.8 Å². The Morgan fingerprint density at radius 1 is 1.20 bits per heavy atom. The minimum absolute atomic E-state index is 0.401. The normalized spacial score (nSPS) is 11.8. The summed E-state index contributed by atoms with van der Waals surface area (Å²) in [6.07, 6.45) is 0.725.